The first-order valence-electron chi connectivity index (χ1n) is 13.5. The molecule has 3 aliphatic carbocycles. The summed E-state index contributed by atoms with van der Waals surface area (Å²) in [5.74, 6) is 2.43. The van der Waals surface area contributed by atoms with E-state index in [4.69, 9.17) is 0 Å². The summed E-state index contributed by atoms with van der Waals surface area (Å²) in [6.07, 6.45) is 9.11. The lowest BCUT2D eigenvalue weighted by Crippen LogP contribution is -2.55. The van der Waals surface area contributed by atoms with Crippen molar-refractivity contribution in [3.63, 3.8) is 0 Å². The largest absolute Gasteiger partial charge is 0.361 e. The topological polar surface area (TPSA) is 65.2 Å². The highest BCUT2D eigenvalue weighted by molar-refractivity contribution is 5.82. The number of H-pyrrole nitrogens is 1. The molecule has 2 amide bonds. The average molecular weight is 474 g/mol. The van der Waals surface area contributed by atoms with Gasteiger partial charge in [-0.25, -0.2) is 0 Å². The summed E-state index contributed by atoms with van der Waals surface area (Å²) in [5.41, 5.74) is 5.16. The second kappa shape index (κ2) is 7.97. The van der Waals surface area contributed by atoms with E-state index in [-0.39, 0.29) is 28.6 Å². The molecule has 1 aliphatic heterocycles. The van der Waals surface area contributed by atoms with Gasteiger partial charge in [-0.3, -0.25) is 9.59 Å². The van der Waals surface area contributed by atoms with Crippen molar-refractivity contribution in [3.8, 4) is 0 Å². The molecule has 2 N–H and O–H groups in total. The van der Waals surface area contributed by atoms with Crippen LogP contribution in [0.15, 0.2) is 41.7 Å². The SMILES string of the molecule is CC1=C2N(C)C(=O)CC[C@]2(C)[C@@H]2CC[C@]3(C)C(C(=O)NCc4ccc5[nH]ccc5c4)CC[C@H]3[C@@H]2C1. The number of benzene rings is 1. The zero-order valence-corrected chi connectivity index (χ0v) is 21.6. The van der Waals surface area contributed by atoms with E-state index in [2.05, 4.69) is 55.3 Å². The van der Waals surface area contributed by atoms with Crippen LogP contribution in [0.3, 0.4) is 0 Å². The van der Waals surface area contributed by atoms with Crippen LogP contribution in [0.25, 0.3) is 10.9 Å². The van der Waals surface area contributed by atoms with Crippen LogP contribution in [0.1, 0.15) is 71.3 Å². The number of piperidine rings is 1. The molecule has 1 aromatic carbocycles. The number of hydrogen-bond acceptors (Lipinski definition) is 2. The Morgan fingerprint density at radius 1 is 1.14 bits per heavy atom. The quantitative estimate of drug-likeness (QED) is 0.594. The molecule has 0 radical (unpaired) electrons. The lowest BCUT2D eigenvalue weighted by molar-refractivity contribution is -0.138. The van der Waals surface area contributed by atoms with Crippen LogP contribution >= 0.6 is 0 Å². The Kier molecular flexibility index (Phi) is 5.21. The number of nitrogens with zero attached hydrogens (tertiary/aromatic N) is 1. The van der Waals surface area contributed by atoms with Gasteiger partial charge in [0, 0.05) is 48.8 Å². The van der Waals surface area contributed by atoms with Gasteiger partial charge in [0.25, 0.3) is 0 Å². The summed E-state index contributed by atoms with van der Waals surface area (Å²) in [6, 6.07) is 8.44. The van der Waals surface area contributed by atoms with Crippen molar-refractivity contribution in [3.05, 3.63) is 47.3 Å². The molecule has 186 valence electrons. The standard InChI is InChI=1S/C30H39N3O2/c1-18-15-21-22-6-7-24(28(35)32-17-19-5-8-25-20(16-19)11-14-31-25)29(22,2)12-9-23(21)30(3)13-10-26(34)33(4)27(18)30/h5,8,11,14,16,21-24,31H,6-7,9-10,12-13,15,17H2,1-4H3,(H,32,35)/t21-,22-,23+,24?,29-,30+/m0/s1. The first kappa shape index (κ1) is 22.9. The molecule has 1 unspecified atom stereocenters. The van der Waals surface area contributed by atoms with E-state index in [1.165, 1.54) is 23.1 Å². The van der Waals surface area contributed by atoms with Crippen molar-refractivity contribution in [2.75, 3.05) is 7.05 Å². The van der Waals surface area contributed by atoms with E-state index < -0.39 is 0 Å². The normalized spacial score (nSPS) is 36.7. The van der Waals surface area contributed by atoms with Gasteiger partial charge >= 0.3 is 0 Å². The van der Waals surface area contributed by atoms with Gasteiger partial charge in [-0.05, 0) is 97.8 Å². The Balaban J connectivity index is 1.21. The minimum absolute atomic E-state index is 0.0698. The van der Waals surface area contributed by atoms with Gasteiger partial charge in [0.1, 0.15) is 0 Å². The second-order valence-electron chi connectivity index (χ2n) is 12.4. The zero-order valence-electron chi connectivity index (χ0n) is 21.6. The molecule has 35 heavy (non-hydrogen) atoms. The van der Waals surface area contributed by atoms with Crippen LogP contribution in [0.5, 0.6) is 0 Å². The Hall–Kier alpha value is -2.56. The van der Waals surface area contributed by atoms with E-state index in [0.717, 1.165) is 43.2 Å². The first-order valence-corrected chi connectivity index (χ1v) is 13.5. The molecular formula is C30H39N3O2. The number of likely N-dealkylation sites (tertiary alicyclic amines) is 1. The molecule has 0 spiro atoms. The fraction of sp³-hybridized carbons (Fsp3) is 0.600. The first-order chi connectivity index (χ1) is 16.7. The highest BCUT2D eigenvalue weighted by Gasteiger charge is 2.61. The van der Waals surface area contributed by atoms with Crippen molar-refractivity contribution >= 4 is 22.7 Å². The Morgan fingerprint density at radius 2 is 1.97 bits per heavy atom. The summed E-state index contributed by atoms with van der Waals surface area (Å²) >= 11 is 0. The maximum Gasteiger partial charge on any atom is 0.226 e. The Labute approximate surface area is 208 Å². The number of aromatic nitrogens is 1. The number of allylic oxidation sites excluding steroid dienone is 2. The van der Waals surface area contributed by atoms with Crippen LogP contribution in [0.4, 0.5) is 0 Å². The molecule has 0 bridgehead atoms. The molecule has 5 nitrogen and oxygen atoms in total. The summed E-state index contributed by atoms with van der Waals surface area (Å²) in [5, 5.41) is 4.48. The smallest absolute Gasteiger partial charge is 0.226 e. The van der Waals surface area contributed by atoms with E-state index >= 15 is 0 Å². The second-order valence-corrected chi connectivity index (χ2v) is 12.4. The maximum absolute atomic E-state index is 13.5. The number of carbonyl (C=O) groups excluding carboxylic acids is 2. The number of fused-ring (bicyclic) bond motifs is 6. The van der Waals surface area contributed by atoms with Crippen LogP contribution in [0, 0.1) is 34.5 Å². The van der Waals surface area contributed by atoms with Crippen molar-refractivity contribution in [2.45, 2.75) is 72.3 Å². The average Bonchev–Trinajstić information content (AvgIpc) is 3.44. The summed E-state index contributed by atoms with van der Waals surface area (Å²) in [7, 11) is 1.98. The lowest BCUT2D eigenvalue weighted by atomic mass is 9.48. The van der Waals surface area contributed by atoms with Crippen LogP contribution in [-0.4, -0.2) is 28.7 Å². The number of rotatable bonds is 3. The molecule has 5 heteroatoms. The van der Waals surface area contributed by atoms with Crippen molar-refractivity contribution < 1.29 is 9.59 Å². The third-order valence-corrected chi connectivity index (χ3v) is 10.7. The Morgan fingerprint density at radius 3 is 2.80 bits per heavy atom. The fourth-order valence-electron chi connectivity index (χ4n) is 9.06. The number of hydrogen-bond donors (Lipinski definition) is 2. The van der Waals surface area contributed by atoms with Gasteiger partial charge in [-0.1, -0.05) is 25.5 Å². The molecule has 3 fully saturated rings. The van der Waals surface area contributed by atoms with Crippen molar-refractivity contribution in [1.29, 1.82) is 0 Å². The maximum atomic E-state index is 13.5. The highest BCUT2D eigenvalue weighted by Crippen LogP contribution is 2.66. The molecule has 6 rings (SSSR count). The predicted molar refractivity (Wildman–Crippen MR) is 138 cm³/mol. The number of carbonyl (C=O) groups is 2. The van der Waals surface area contributed by atoms with Gasteiger partial charge < -0.3 is 15.2 Å². The molecule has 2 aromatic rings. The highest BCUT2D eigenvalue weighted by atomic mass is 16.2. The van der Waals surface area contributed by atoms with Crippen LogP contribution in [0.2, 0.25) is 0 Å². The molecular weight excluding hydrogens is 434 g/mol. The van der Waals surface area contributed by atoms with E-state index in [1.807, 2.05) is 18.1 Å². The van der Waals surface area contributed by atoms with Gasteiger partial charge in [-0.15, -0.1) is 0 Å². The van der Waals surface area contributed by atoms with Gasteiger partial charge in [-0.2, -0.15) is 0 Å². The number of aromatic amines is 1. The fourth-order valence-corrected chi connectivity index (χ4v) is 9.06. The van der Waals surface area contributed by atoms with Crippen LogP contribution < -0.4 is 5.32 Å². The molecule has 6 atom stereocenters. The molecule has 4 aliphatic rings. The summed E-state index contributed by atoms with van der Waals surface area (Å²) in [4.78, 5) is 31.2. The van der Waals surface area contributed by atoms with E-state index in [9.17, 15) is 9.59 Å². The van der Waals surface area contributed by atoms with Gasteiger partial charge in [0.05, 0.1) is 0 Å². The zero-order chi connectivity index (χ0) is 24.5. The number of amides is 2. The van der Waals surface area contributed by atoms with Crippen molar-refractivity contribution in [1.82, 2.24) is 15.2 Å². The van der Waals surface area contributed by atoms with Gasteiger partial charge in [0.2, 0.25) is 11.8 Å². The third kappa shape index (κ3) is 3.33. The predicted octanol–water partition coefficient (Wildman–Crippen LogP) is 5.78. The monoisotopic (exact) mass is 473 g/mol. The molecule has 2 saturated carbocycles. The van der Waals surface area contributed by atoms with E-state index in [1.54, 1.807) is 0 Å². The third-order valence-electron chi connectivity index (χ3n) is 10.7. The number of nitrogens with one attached hydrogen (secondary N) is 2. The summed E-state index contributed by atoms with van der Waals surface area (Å²) in [6.45, 7) is 7.68. The van der Waals surface area contributed by atoms with Crippen molar-refractivity contribution in [2.24, 2.45) is 34.5 Å². The minimum Gasteiger partial charge on any atom is -0.361 e. The lowest BCUT2D eigenvalue weighted by Gasteiger charge is -2.59. The molecule has 1 saturated heterocycles. The molecule has 1 aromatic heterocycles. The molecule has 2 heterocycles. The van der Waals surface area contributed by atoms with E-state index in [0.29, 0.717) is 30.7 Å². The Bertz CT molecular complexity index is 1230. The summed E-state index contributed by atoms with van der Waals surface area (Å²) < 4.78 is 0. The van der Waals surface area contributed by atoms with Crippen LogP contribution in [-0.2, 0) is 16.1 Å². The minimum atomic E-state index is 0.0698. The van der Waals surface area contributed by atoms with Gasteiger partial charge in [0.15, 0.2) is 0 Å².